The highest BCUT2D eigenvalue weighted by Crippen LogP contribution is 1.98. The number of pyridine rings is 1. The van der Waals surface area contributed by atoms with Crippen molar-refractivity contribution in [1.29, 1.82) is 0 Å². The summed E-state index contributed by atoms with van der Waals surface area (Å²) in [5.74, 6) is -1.13. The van der Waals surface area contributed by atoms with Crippen LogP contribution in [-0.4, -0.2) is 29.9 Å². The van der Waals surface area contributed by atoms with Gasteiger partial charge in [0, 0.05) is 26.2 Å². The summed E-state index contributed by atoms with van der Waals surface area (Å²) in [6.45, 7) is 2.07. The van der Waals surface area contributed by atoms with E-state index >= 15 is 0 Å². The lowest BCUT2D eigenvalue weighted by Gasteiger charge is -2.05. The molecular weight excluding hydrogens is 213 g/mol. The van der Waals surface area contributed by atoms with Gasteiger partial charge in [-0.15, -0.1) is 0 Å². The number of nitrogens with zero attached hydrogens (tertiary/aromatic N) is 1. The largest absolute Gasteiger partial charge is 0.355 e. The van der Waals surface area contributed by atoms with E-state index in [9.17, 15) is 14.0 Å². The van der Waals surface area contributed by atoms with Crippen molar-refractivity contribution in [3.8, 4) is 0 Å². The van der Waals surface area contributed by atoms with Gasteiger partial charge in [-0.2, -0.15) is 4.39 Å². The van der Waals surface area contributed by atoms with Gasteiger partial charge in [0.1, 0.15) is 0 Å². The number of carbonyl (C=O) groups is 2. The average Bonchev–Trinajstić information content (AvgIpc) is 2.25. The highest BCUT2D eigenvalue weighted by molar-refractivity contribution is 5.93. The number of aromatic nitrogens is 1. The van der Waals surface area contributed by atoms with Crippen molar-refractivity contribution < 1.29 is 14.0 Å². The van der Waals surface area contributed by atoms with Crippen LogP contribution in [0.15, 0.2) is 18.3 Å². The zero-order chi connectivity index (χ0) is 12.0. The molecule has 1 rings (SSSR count). The first kappa shape index (κ1) is 12.1. The van der Waals surface area contributed by atoms with Crippen molar-refractivity contribution in [2.75, 3.05) is 13.1 Å². The molecule has 0 atom stereocenters. The van der Waals surface area contributed by atoms with Crippen LogP contribution in [0.1, 0.15) is 17.3 Å². The third-order valence-electron chi connectivity index (χ3n) is 1.77. The molecule has 1 aromatic heterocycles. The van der Waals surface area contributed by atoms with E-state index in [1.807, 2.05) is 0 Å². The SMILES string of the molecule is CC(=O)NCCNC(=O)c1ccc(F)nc1. The second-order valence-corrected chi connectivity index (χ2v) is 3.11. The van der Waals surface area contributed by atoms with Crippen LogP contribution in [-0.2, 0) is 4.79 Å². The minimum absolute atomic E-state index is 0.155. The highest BCUT2D eigenvalue weighted by atomic mass is 19.1. The topological polar surface area (TPSA) is 71.1 Å². The van der Waals surface area contributed by atoms with Crippen LogP contribution in [0, 0.1) is 5.95 Å². The summed E-state index contributed by atoms with van der Waals surface area (Å²) < 4.78 is 12.5. The van der Waals surface area contributed by atoms with Gasteiger partial charge in [0.05, 0.1) is 5.56 Å². The number of hydrogen-bond donors (Lipinski definition) is 2. The number of rotatable bonds is 4. The van der Waals surface area contributed by atoms with Crippen molar-refractivity contribution >= 4 is 11.8 Å². The van der Waals surface area contributed by atoms with Crippen LogP contribution < -0.4 is 10.6 Å². The van der Waals surface area contributed by atoms with Gasteiger partial charge in [0.2, 0.25) is 11.9 Å². The van der Waals surface area contributed by atoms with Crippen LogP contribution in [0.4, 0.5) is 4.39 Å². The molecule has 0 fully saturated rings. The molecule has 6 heteroatoms. The van der Waals surface area contributed by atoms with Gasteiger partial charge >= 0.3 is 0 Å². The van der Waals surface area contributed by atoms with E-state index in [-0.39, 0.29) is 17.4 Å². The van der Waals surface area contributed by atoms with Crippen molar-refractivity contribution in [3.63, 3.8) is 0 Å². The third kappa shape index (κ3) is 4.04. The molecule has 16 heavy (non-hydrogen) atoms. The molecule has 0 bridgehead atoms. The van der Waals surface area contributed by atoms with Crippen LogP contribution in [0.3, 0.4) is 0 Å². The molecule has 0 aromatic carbocycles. The fourth-order valence-electron chi connectivity index (χ4n) is 1.03. The lowest BCUT2D eigenvalue weighted by atomic mass is 10.2. The Kier molecular flexibility index (Phi) is 4.38. The molecule has 86 valence electrons. The Morgan fingerprint density at radius 2 is 2.00 bits per heavy atom. The summed E-state index contributed by atoms with van der Waals surface area (Å²) in [5.41, 5.74) is 0.282. The smallest absolute Gasteiger partial charge is 0.252 e. The Balaban J connectivity index is 2.35. The first-order chi connectivity index (χ1) is 7.59. The molecule has 0 aliphatic heterocycles. The Hall–Kier alpha value is -1.98. The maximum atomic E-state index is 12.5. The summed E-state index contributed by atoms with van der Waals surface area (Å²) in [6.07, 6.45) is 1.16. The van der Waals surface area contributed by atoms with Crippen LogP contribution in [0.5, 0.6) is 0 Å². The second kappa shape index (κ2) is 5.79. The Labute approximate surface area is 92.1 Å². The van der Waals surface area contributed by atoms with E-state index in [1.54, 1.807) is 0 Å². The Morgan fingerprint density at radius 1 is 1.31 bits per heavy atom. The first-order valence-corrected chi connectivity index (χ1v) is 4.74. The molecule has 0 saturated carbocycles. The fourth-order valence-corrected chi connectivity index (χ4v) is 1.03. The summed E-state index contributed by atoms with van der Waals surface area (Å²) in [4.78, 5) is 25.3. The van der Waals surface area contributed by atoms with E-state index in [2.05, 4.69) is 15.6 Å². The maximum absolute atomic E-state index is 12.5. The minimum atomic E-state index is -0.630. The zero-order valence-electron chi connectivity index (χ0n) is 8.79. The van der Waals surface area contributed by atoms with Gasteiger partial charge < -0.3 is 10.6 Å². The Morgan fingerprint density at radius 3 is 2.56 bits per heavy atom. The predicted octanol–water partition coefficient (Wildman–Crippen LogP) is 0.0866. The minimum Gasteiger partial charge on any atom is -0.355 e. The number of hydrogen-bond acceptors (Lipinski definition) is 3. The molecule has 0 aliphatic carbocycles. The fraction of sp³-hybridized carbons (Fsp3) is 0.300. The lowest BCUT2D eigenvalue weighted by molar-refractivity contribution is -0.118. The summed E-state index contributed by atoms with van der Waals surface area (Å²) in [6, 6.07) is 2.46. The standard InChI is InChI=1S/C10H12FN3O2/c1-7(15)12-4-5-13-10(16)8-2-3-9(11)14-6-8/h2-3,6H,4-5H2,1H3,(H,12,15)(H,13,16). The van der Waals surface area contributed by atoms with E-state index in [0.29, 0.717) is 13.1 Å². The maximum Gasteiger partial charge on any atom is 0.252 e. The molecule has 0 unspecified atom stereocenters. The number of carbonyl (C=O) groups excluding carboxylic acids is 2. The molecule has 1 aromatic rings. The second-order valence-electron chi connectivity index (χ2n) is 3.11. The van der Waals surface area contributed by atoms with Crippen molar-refractivity contribution in [2.24, 2.45) is 0 Å². The lowest BCUT2D eigenvalue weighted by Crippen LogP contribution is -2.33. The number of amides is 2. The summed E-state index contributed by atoms with van der Waals surface area (Å²) >= 11 is 0. The van der Waals surface area contributed by atoms with Gasteiger partial charge in [-0.1, -0.05) is 0 Å². The van der Waals surface area contributed by atoms with Crippen LogP contribution >= 0.6 is 0 Å². The normalized spacial score (nSPS) is 9.62. The molecule has 0 spiro atoms. The Bertz CT molecular complexity index is 378. The van der Waals surface area contributed by atoms with Gasteiger partial charge in [-0.05, 0) is 12.1 Å². The average molecular weight is 225 g/mol. The molecular formula is C10H12FN3O2. The molecule has 0 aliphatic rings. The molecule has 5 nitrogen and oxygen atoms in total. The number of nitrogens with one attached hydrogen (secondary N) is 2. The van der Waals surface area contributed by atoms with Crippen molar-refractivity contribution in [1.82, 2.24) is 15.6 Å². The quantitative estimate of drug-likeness (QED) is 0.563. The van der Waals surface area contributed by atoms with Gasteiger partial charge in [0.25, 0.3) is 5.91 Å². The summed E-state index contributed by atoms with van der Waals surface area (Å²) in [7, 11) is 0. The third-order valence-corrected chi connectivity index (χ3v) is 1.77. The van der Waals surface area contributed by atoms with Crippen molar-refractivity contribution in [2.45, 2.75) is 6.92 Å². The molecule has 2 amide bonds. The first-order valence-electron chi connectivity index (χ1n) is 4.74. The monoisotopic (exact) mass is 225 g/mol. The van der Waals surface area contributed by atoms with Crippen LogP contribution in [0.25, 0.3) is 0 Å². The zero-order valence-corrected chi connectivity index (χ0v) is 8.79. The molecule has 1 heterocycles. The van der Waals surface area contributed by atoms with E-state index in [1.165, 1.54) is 13.0 Å². The van der Waals surface area contributed by atoms with Crippen molar-refractivity contribution in [3.05, 3.63) is 29.8 Å². The van der Waals surface area contributed by atoms with Gasteiger partial charge in [-0.3, -0.25) is 9.59 Å². The highest BCUT2D eigenvalue weighted by Gasteiger charge is 2.04. The predicted molar refractivity (Wildman–Crippen MR) is 55.2 cm³/mol. The molecule has 2 N–H and O–H groups in total. The van der Waals surface area contributed by atoms with Gasteiger partial charge in [-0.25, -0.2) is 4.98 Å². The molecule has 0 saturated heterocycles. The molecule has 0 radical (unpaired) electrons. The summed E-state index contributed by atoms with van der Waals surface area (Å²) in [5, 5.41) is 5.09. The van der Waals surface area contributed by atoms with Crippen LogP contribution in [0.2, 0.25) is 0 Å². The van der Waals surface area contributed by atoms with Gasteiger partial charge in [0.15, 0.2) is 0 Å². The van der Waals surface area contributed by atoms with E-state index < -0.39 is 5.95 Å². The van der Waals surface area contributed by atoms with E-state index in [4.69, 9.17) is 0 Å². The number of halogens is 1. The van der Waals surface area contributed by atoms with E-state index in [0.717, 1.165) is 12.3 Å².